The zero-order valence-corrected chi connectivity index (χ0v) is 19.5. The van der Waals surface area contributed by atoms with Gasteiger partial charge >= 0.3 is 11.7 Å². The first kappa shape index (κ1) is 22.0. The quantitative estimate of drug-likeness (QED) is 0.274. The molecule has 0 radical (unpaired) electrons. The number of carbonyl (C=O) groups is 1. The van der Waals surface area contributed by atoms with Gasteiger partial charge in [0, 0.05) is 29.9 Å². The molecule has 4 N–H and O–H groups in total. The van der Waals surface area contributed by atoms with E-state index in [0.717, 1.165) is 11.4 Å². The minimum Gasteiger partial charge on any atom is -0.453 e. The largest absolute Gasteiger partial charge is 0.453 e. The van der Waals surface area contributed by atoms with Gasteiger partial charge in [-0.05, 0) is 43.3 Å². The standard InChI is InChI=1S/C26H20N8O3/c1-15-14-21(34(33-15)16-6-3-2-4-7-16)30-25(35)29-18-9-10-19(22-17(18)8-5-12-27-22)37-20-11-13-28-24-23(20)31-26(36)32-24/h2-14H,1H3,(H2,29,30,35)(H2,28,31,32,36). The highest BCUT2D eigenvalue weighted by molar-refractivity contribution is 6.06. The number of amides is 2. The fourth-order valence-electron chi connectivity index (χ4n) is 4.08. The van der Waals surface area contributed by atoms with Gasteiger partial charge in [0.1, 0.15) is 16.9 Å². The molecule has 0 spiro atoms. The molecule has 11 heteroatoms. The van der Waals surface area contributed by atoms with E-state index in [0.29, 0.717) is 45.1 Å². The van der Waals surface area contributed by atoms with Gasteiger partial charge in [0.25, 0.3) is 0 Å². The number of imidazole rings is 1. The van der Waals surface area contributed by atoms with Crippen molar-refractivity contribution in [2.24, 2.45) is 0 Å². The highest BCUT2D eigenvalue weighted by Gasteiger charge is 2.15. The van der Waals surface area contributed by atoms with Crippen LogP contribution in [0.3, 0.4) is 0 Å². The number of para-hydroxylation sites is 1. The maximum Gasteiger partial charge on any atom is 0.325 e. The number of nitrogens with zero attached hydrogens (tertiary/aromatic N) is 4. The van der Waals surface area contributed by atoms with Crippen LogP contribution in [0.15, 0.2) is 83.9 Å². The fraction of sp³-hybridized carbons (Fsp3) is 0.0385. The number of anilines is 2. The Hall–Kier alpha value is -5.45. The van der Waals surface area contributed by atoms with Crippen molar-refractivity contribution >= 4 is 39.6 Å². The Morgan fingerprint density at radius 3 is 2.65 bits per heavy atom. The maximum absolute atomic E-state index is 13.0. The average molecular weight is 492 g/mol. The Kier molecular flexibility index (Phi) is 5.34. The predicted molar refractivity (Wildman–Crippen MR) is 139 cm³/mol. The van der Waals surface area contributed by atoms with E-state index < -0.39 is 6.03 Å². The number of ether oxygens (including phenoxy) is 1. The first-order valence-electron chi connectivity index (χ1n) is 11.4. The third-order valence-electron chi connectivity index (χ3n) is 5.66. The second kappa shape index (κ2) is 8.96. The molecule has 2 amide bonds. The summed E-state index contributed by atoms with van der Waals surface area (Å²) in [5.74, 6) is 1.40. The summed E-state index contributed by atoms with van der Waals surface area (Å²) in [7, 11) is 0. The molecular formula is C26H20N8O3. The van der Waals surface area contributed by atoms with E-state index in [9.17, 15) is 9.59 Å². The van der Waals surface area contributed by atoms with Gasteiger partial charge in [0.15, 0.2) is 17.1 Å². The van der Waals surface area contributed by atoms with Crippen molar-refractivity contribution in [3.8, 4) is 17.2 Å². The molecule has 0 aliphatic rings. The van der Waals surface area contributed by atoms with Crippen molar-refractivity contribution in [2.45, 2.75) is 6.92 Å². The fourth-order valence-corrected chi connectivity index (χ4v) is 4.08. The minimum absolute atomic E-state index is 0.379. The number of aryl methyl sites for hydroxylation is 1. The van der Waals surface area contributed by atoms with E-state index >= 15 is 0 Å². The van der Waals surface area contributed by atoms with E-state index in [1.165, 1.54) is 0 Å². The molecule has 4 aromatic heterocycles. The molecule has 0 aliphatic heterocycles. The van der Waals surface area contributed by atoms with Gasteiger partial charge in [0.2, 0.25) is 0 Å². The summed E-state index contributed by atoms with van der Waals surface area (Å²) in [5.41, 5.74) is 3.14. The summed E-state index contributed by atoms with van der Waals surface area (Å²) in [5, 5.41) is 10.9. The smallest absolute Gasteiger partial charge is 0.325 e. The van der Waals surface area contributed by atoms with Crippen LogP contribution in [0.2, 0.25) is 0 Å². The number of carbonyl (C=O) groups excluding carboxylic acids is 1. The molecule has 6 rings (SSSR count). The highest BCUT2D eigenvalue weighted by Crippen LogP contribution is 2.34. The number of pyridine rings is 2. The number of aromatic nitrogens is 6. The molecule has 0 atom stereocenters. The van der Waals surface area contributed by atoms with E-state index in [1.54, 1.807) is 47.4 Å². The number of hydrogen-bond acceptors (Lipinski definition) is 6. The van der Waals surface area contributed by atoms with Crippen LogP contribution >= 0.6 is 0 Å². The van der Waals surface area contributed by atoms with Crippen molar-refractivity contribution in [2.75, 3.05) is 10.6 Å². The molecule has 0 bridgehead atoms. The zero-order chi connectivity index (χ0) is 25.4. The highest BCUT2D eigenvalue weighted by atomic mass is 16.5. The van der Waals surface area contributed by atoms with Crippen molar-refractivity contribution in [1.29, 1.82) is 0 Å². The summed E-state index contributed by atoms with van der Waals surface area (Å²) in [6.07, 6.45) is 3.18. The van der Waals surface area contributed by atoms with Crippen molar-refractivity contribution in [3.63, 3.8) is 0 Å². The molecule has 0 saturated heterocycles. The van der Waals surface area contributed by atoms with Crippen LogP contribution in [-0.2, 0) is 0 Å². The van der Waals surface area contributed by atoms with Crippen LogP contribution in [0, 0.1) is 6.92 Å². The van der Waals surface area contributed by atoms with Crippen LogP contribution in [-0.4, -0.2) is 35.7 Å². The number of aromatic amines is 2. The van der Waals surface area contributed by atoms with E-state index in [2.05, 4.69) is 35.7 Å². The Morgan fingerprint density at radius 1 is 0.919 bits per heavy atom. The summed E-state index contributed by atoms with van der Waals surface area (Å²) < 4.78 is 7.78. The molecule has 6 aromatic rings. The van der Waals surface area contributed by atoms with Crippen LogP contribution in [0.1, 0.15) is 5.69 Å². The first-order valence-corrected chi connectivity index (χ1v) is 11.4. The number of nitrogens with one attached hydrogen (secondary N) is 4. The van der Waals surface area contributed by atoms with Crippen LogP contribution < -0.4 is 21.1 Å². The first-order chi connectivity index (χ1) is 18.0. The maximum atomic E-state index is 13.0. The normalized spacial score (nSPS) is 11.1. The van der Waals surface area contributed by atoms with Crippen LogP contribution in [0.5, 0.6) is 11.5 Å². The summed E-state index contributed by atoms with van der Waals surface area (Å²) in [6, 6.07) is 19.6. The molecule has 11 nitrogen and oxygen atoms in total. The molecule has 4 heterocycles. The summed E-state index contributed by atoms with van der Waals surface area (Å²) in [4.78, 5) is 38.6. The van der Waals surface area contributed by atoms with Gasteiger partial charge in [0.05, 0.1) is 17.1 Å². The van der Waals surface area contributed by atoms with E-state index in [1.807, 2.05) is 43.3 Å². The summed E-state index contributed by atoms with van der Waals surface area (Å²) >= 11 is 0. The Bertz CT molecular complexity index is 1820. The predicted octanol–water partition coefficient (Wildman–Crippen LogP) is 4.73. The zero-order valence-electron chi connectivity index (χ0n) is 19.5. The second-order valence-corrected chi connectivity index (χ2v) is 8.22. The third-order valence-corrected chi connectivity index (χ3v) is 5.66. The summed E-state index contributed by atoms with van der Waals surface area (Å²) in [6.45, 7) is 1.86. The number of urea groups is 1. The van der Waals surface area contributed by atoms with Gasteiger partial charge in [-0.2, -0.15) is 5.10 Å². The number of benzene rings is 2. The van der Waals surface area contributed by atoms with E-state index in [-0.39, 0.29) is 5.69 Å². The minimum atomic E-state index is -0.434. The van der Waals surface area contributed by atoms with Gasteiger partial charge in [-0.3, -0.25) is 15.3 Å². The lowest BCUT2D eigenvalue weighted by Gasteiger charge is -2.14. The molecule has 37 heavy (non-hydrogen) atoms. The number of fused-ring (bicyclic) bond motifs is 2. The monoisotopic (exact) mass is 492 g/mol. The SMILES string of the molecule is Cc1cc(NC(=O)Nc2ccc(Oc3ccnc4[nH]c(=O)[nH]c34)c3ncccc23)n(-c2ccccc2)n1. The molecule has 2 aromatic carbocycles. The van der Waals surface area contributed by atoms with Gasteiger partial charge in [-0.15, -0.1) is 0 Å². The number of rotatable bonds is 5. The third kappa shape index (κ3) is 4.25. The lowest BCUT2D eigenvalue weighted by Crippen LogP contribution is -2.21. The van der Waals surface area contributed by atoms with Crippen molar-refractivity contribution < 1.29 is 9.53 Å². The topological polar surface area (TPSA) is 143 Å². The molecule has 0 aliphatic carbocycles. The lowest BCUT2D eigenvalue weighted by molar-refractivity contribution is 0.262. The molecular weight excluding hydrogens is 472 g/mol. The molecule has 0 saturated carbocycles. The second-order valence-electron chi connectivity index (χ2n) is 8.22. The van der Waals surface area contributed by atoms with Crippen molar-refractivity contribution in [1.82, 2.24) is 29.7 Å². The molecule has 0 unspecified atom stereocenters. The van der Waals surface area contributed by atoms with Gasteiger partial charge in [-0.1, -0.05) is 18.2 Å². The number of H-pyrrole nitrogens is 2. The molecule has 182 valence electrons. The van der Waals surface area contributed by atoms with Crippen LogP contribution in [0.25, 0.3) is 27.8 Å². The average Bonchev–Trinajstić information content (AvgIpc) is 3.47. The lowest BCUT2D eigenvalue weighted by atomic mass is 10.1. The Balaban J connectivity index is 1.29. The van der Waals surface area contributed by atoms with Gasteiger partial charge in [-0.25, -0.2) is 19.3 Å². The number of hydrogen-bond donors (Lipinski definition) is 4. The Labute approximate surface area is 209 Å². The molecule has 0 fully saturated rings. The van der Waals surface area contributed by atoms with Crippen LogP contribution in [0.4, 0.5) is 16.3 Å². The Morgan fingerprint density at radius 2 is 1.78 bits per heavy atom. The van der Waals surface area contributed by atoms with E-state index in [4.69, 9.17) is 4.74 Å². The van der Waals surface area contributed by atoms with Crippen molar-refractivity contribution in [3.05, 3.63) is 95.3 Å². The van der Waals surface area contributed by atoms with Gasteiger partial charge < -0.3 is 15.0 Å².